The molecule has 0 unspecified atom stereocenters. The van der Waals surface area contributed by atoms with Crippen molar-refractivity contribution in [3.05, 3.63) is 86.3 Å². The summed E-state index contributed by atoms with van der Waals surface area (Å²) in [7, 11) is 0. The molecule has 0 bridgehead atoms. The molecule has 4 rings (SSSR count). The highest BCUT2D eigenvalue weighted by molar-refractivity contribution is 9.10. The molecule has 0 atom stereocenters. The van der Waals surface area contributed by atoms with Crippen LogP contribution in [0.1, 0.15) is 48.1 Å². The van der Waals surface area contributed by atoms with E-state index >= 15 is 0 Å². The molecule has 1 N–H and O–H groups in total. The number of nitrogens with one attached hydrogen (secondary N) is 1. The molecule has 1 aromatic heterocycles. The molecular weight excluding hydrogens is 541 g/mol. The molecule has 36 heavy (non-hydrogen) atoms. The number of amides is 3. The third-order valence-corrected chi connectivity index (χ3v) is 8.34. The minimum absolute atomic E-state index is 0.00737. The van der Waals surface area contributed by atoms with E-state index in [-0.39, 0.29) is 30.3 Å². The van der Waals surface area contributed by atoms with Crippen molar-refractivity contribution in [3.8, 4) is 0 Å². The predicted octanol–water partition coefficient (Wildman–Crippen LogP) is 7.35. The normalized spacial score (nSPS) is 13.9. The van der Waals surface area contributed by atoms with Gasteiger partial charge in [0, 0.05) is 21.9 Å². The standard InChI is InChI=1S/C28H31BrFN3O2S/c1-20-15-16-36-26(20)18-32(17-21-11-13-22(30)14-12-21)27(34)19-33(23-7-3-2-4-8-23)28(35)31-25-10-6-5-9-24(25)29/h5-6,9-16,23H,2-4,7-8,17-19H2,1H3,(H,31,35). The maximum atomic E-state index is 13.8. The van der Waals surface area contributed by atoms with E-state index in [0.29, 0.717) is 18.8 Å². The lowest BCUT2D eigenvalue weighted by Gasteiger charge is -2.35. The third kappa shape index (κ3) is 6.95. The lowest BCUT2D eigenvalue weighted by Crippen LogP contribution is -2.49. The van der Waals surface area contributed by atoms with Gasteiger partial charge >= 0.3 is 6.03 Å². The van der Waals surface area contributed by atoms with Crippen molar-refractivity contribution in [1.82, 2.24) is 9.80 Å². The van der Waals surface area contributed by atoms with Crippen LogP contribution in [0, 0.1) is 12.7 Å². The number of para-hydroxylation sites is 1. The largest absolute Gasteiger partial charge is 0.332 e. The van der Waals surface area contributed by atoms with Crippen molar-refractivity contribution in [3.63, 3.8) is 0 Å². The molecule has 3 aromatic rings. The van der Waals surface area contributed by atoms with Gasteiger partial charge in [-0.3, -0.25) is 4.79 Å². The van der Waals surface area contributed by atoms with E-state index in [4.69, 9.17) is 0 Å². The van der Waals surface area contributed by atoms with Crippen molar-refractivity contribution in [2.45, 2.75) is 58.2 Å². The van der Waals surface area contributed by atoms with Gasteiger partial charge in [0.05, 0.1) is 12.2 Å². The minimum Gasteiger partial charge on any atom is -0.332 e. The molecule has 190 valence electrons. The number of rotatable bonds is 8. The number of thiophene rings is 1. The Labute approximate surface area is 224 Å². The van der Waals surface area contributed by atoms with Gasteiger partial charge in [-0.05, 0) is 82.5 Å². The molecule has 1 aliphatic carbocycles. The number of nitrogens with zero attached hydrogens (tertiary/aromatic N) is 2. The zero-order valence-corrected chi connectivity index (χ0v) is 22.8. The third-order valence-electron chi connectivity index (χ3n) is 6.64. The fraction of sp³-hybridized carbons (Fsp3) is 0.357. The number of hydrogen-bond acceptors (Lipinski definition) is 3. The first kappa shape index (κ1) is 26.4. The maximum Gasteiger partial charge on any atom is 0.322 e. The maximum absolute atomic E-state index is 13.8. The second kappa shape index (κ2) is 12.5. The molecule has 0 radical (unpaired) electrons. The Kier molecular flexibility index (Phi) is 9.15. The number of hydrogen-bond donors (Lipinski definition) is 1. The van der Waals surface area contributed by atoms with Crippen LogP contribution in [0.15, 0.2) is 64.5 Å². The van der Waals surface area contributed by atoms with E-state index in [1.54, 1.807) is 33.3 Å². The van der Waals surface area contributed by atoms with Crippen LogP contribution < -0.4 is 5.32 Å². The predicted molar refractivity (Wildman–Crippen MR) is 146 cm³/mol. The van der Waals surface area contributed by atoms with Gasteiger partial charge in [-0.1, -0.05) is 43.5 Å². The lowest BCUT2D eigenvalue weighted by atomic mass is 9.94. The van der Waals surface area contributed by atoms with Crippen LogP contribution in [0.4, 0.5) is 14.9 Å². The Hall–Kier alpha value is -2.71. The summed E-state index contributed by atoms with van der Waals surface area (Å²) in [4.78, 5) is 31.8. The molecule has 5 nitrogen and oxygen atoms in total. The summed E-state index contributed by atoms with van der Waals surface area (Å²) < 4.78 is 14.3. The number of anilines is 1. The molecule has 1 aliphatic rings. The van der Waals surface area contributed by atoms with Gasteiger partial charge in [0.25, 0.3) is 0 Å². The highest BCUT2D eigenvalue weighted by atomic mass is 79.9. The average Bonchev–Trinajstić information content (AvgIpc) is 3.29. The van der Waals surface area contributed by atoms with E-state index in [1.807, 2.05) is 42.6 Å². The molecule has 1 heterocycles. The van der Waals surface area contributed by atoms with Gasteiger partial charge < -0.3 is 15.1 Å². The number of aryl methyl sites for hydroxylation is 1. The Bertz CT molecular complexity index is 1180. The zero-order valence-electron chi connectivity index (χ0n) is 20.4. The highest BCUT2D eigenvalue weighted by Crippen LogP contribution is 2.26. The Morgan fingerprint density at radius 2 is 1.75 bits per heavy atom. The van der Waals surface area contributed by atoms with Gasteiger partial charge in [-0.15, -0.1) is 11.3 Å². The summed E-state index contributed by atoms with van der Waals surface area (Å²) in [5.74, 6) is -0.432. The van der Waals surface area contributed by atoms with Crippen molar-refractivity contribution in [1.29, 1.82) is 0 Å². The first-order chi connectivity index (χ1) is 17.4. The van der Waals surface area contributed by atoms with Crippen molar-refractivity contribution < 1.29 is 14.0 Å². The van der Waals surface area contributed by atoms with Gasteiger partial charge in [0.1, 0.15) is 12.4 Å². The van der Waals surface area contributed by atoms with Crippen LogP contribution in [0.5, 0.6) is 0 Å². The number of carbonyl (C=O) groups is 2. The summed E-state index contributed by atoms with van der Waals surface area (Å²) in [6.45, 7) is 2.82. The van der Waals surface area contributed by atoms with Crippen LogP contribution in [0.25, 0.3) is 0 Å². The fourth-order valence-corrected chi connectivity index (χ4v) is 5.84. The molecule has 3 amide bonds. The highest BCUT2D eigenvalue weighted by Gasteiger charge is 2.30. The zero-order chi connectivity index (χ0) is 25.5. The number of carbonyl (C=O) groups excluding carboxylic acids is 2. The van der Waals surface area contributed by atoms with Crippen molar-refractivity contribution in [2.24, 2.45) is 0 Å². The van der Waals surface area contributed by atoms with E-state index in [0.717, 1.165) is 52.6 Å². The molecule has 0 aliphatic heterocycles. The first-order valence-corrected chi connectivity index (χ1v) is 14.0. The number of urea groups is 1. The van der Waals surface area contributed by atoms with E-state index in [1.165, 1.54) is 12.1 Å². The van der Waals surface area contributed by atoms with Crippen LogP contribution >= 0.6 is 27.3 Å². The summed E-state index contributed by atoms with van der Waals surface area (Å²) in [6, 6.07) is 15.5. The molecule has 0 saturated heterocycles. The molecule has 0 spiro atoms. The van der Waals surface area contributed by atoms with E-state index in [2.05, 4.69) is 21.2 Å². The summed E-state index contributed by atoms with van der Waals surface area (Å²) >= 11 is 5.11. The van der Waals surface area contributed by atoms with Crippen molar-refractivity contribution in [2.75, 3.05) is 11.9 Å². The fourth-order valence-electron chi connectivity index (χ4n) is 4.54. The molecule has 1 saturated carbocycles. The van der Waals surface area contributed by atoms with Crippen molar-refractivity contribution >= 4 is 44.9 Å². The summed E-state index contributed by atoms with van der Waals surface area (Å²) in [5, 5.41) is 5.01. The Morgan fingerprint density at radius 1 is 1.03 bits per heavy atom. The van der Waals surface area contributed by atoms with E-state index < -0.39 is 0 Å². The van der Waals surface area contributed by atoms with E-state index in [9.17, 15) is 14.0 Å². The Balaban J connectivity index is 1.56. The van der Waals surface area contributed by atoms with Gasteiger partial charge in [0.15, 0.2) is 0 Å². The quantitative estimate of drug-likeness (QED) is 0.307. The molecule has 1 fully saturated rings. The van der Waals surface area contributed by atoms with Crippen LogP contribution in [-0.4, -0.2) is 34.3 Å². The second-order valence-electron chi connectivity index (χ2n) is 9.23. The number of halogens is 2. The van der Waals surface area contributed by atoms with Gasteiger partial charge in [-0.2, -0.15) is 0 Å². The van der Waals surface area contributed by atoms with Crippen LogP contribution in [0.2, 0.25) is 0 Å². The average molecular weight is 573 g/mol. The summed E-state index contributed by atoms with van der Waals surface area (Å²) in [6.07, 6.45) is 5.02. The second-order valence-corrected chi connectivity index (χ2v) is 11.1. The van der Waals surface area contributed by atoms with Crippen LogP contribution in [0.3, 0.4) is 0 Å². The summed E-state index contributed by atoms with van der Waals surface area (Å²) in [5.41, 5.74) is 2.65. The monoisotopic (exact) mass is 571 g/mol. The van der Waals surface area contributed by atoms with Crippen LogP contribution in [-0.2, 0) is 17.9 Å². The smallest absolute Gasteiger partial charge is 0.322 e. The topological polar surface area (TPSA) is 52.7 Å². The Morgan fingerprint density at radius 3 is 2.42 bits per heavy atom. The SMILES string of the molecule is Cc1ccsc1CN(Cc1ccc(F)cc1)C(=O)CN(C(=O)Nc1ccccc1Br)C1CCCCC1. The minimum atomic E-state index is -0.307. The molecule has 2 aromatic carbocycles. The number of benzene rings is 2. The van der Waals surface area contributed by atoms with Gasteiger partial charge in [-0.25, -0.2) is 9.18 Å². The lowest BCUT2D eigenvalue weighted by molar-refractivity contribution is -0.133. The molecule has 8 heteroatoms. The molecular formula is C28H31BrFN3O2S. The first-order valence-electron chi connectivity index (χ1n) is 12.3. The van der Waals surface area contributed by atoms with Gasteiger partial charge in [0.2, 0.25) is 5.91 Å².